The van der Waals surface area contributed by atoms with E-state index in [4.69, 9.17) is 0 Å². The van der Waals surface area contributed by atoms with Crippen LogP contribution in [0.2, 0.25) is 0 Å². The largest absolute Gasteiger partial charge is 0.480 e. The molecule has 5 heteroatoms. The molecule has 0 unspecified atom stereocenters. The number of carboxylic acid groups (broad SMARTS) is 1. The molecular weight excluding hydrogens is 340 g/mol. The topological polar surface area (TPSA) is 69.6 Å². The van der Waals surface area contributed by atoms with Crippen LogP contribution < -0.4 is 5.32 Å². The Morgan fingerprint density at radius 2 is 1.67 bits per heavy atom. The van der Waals surface area contributed by atoms with E-state index in [1.807, 2.05) is 48.5 Å². The van der Waals surface area contributed by atoms with E-state index in [0.29, 0.717) is 13.0 Å². The first kappa shape index (κ1) is 19.1. The molecule has 1 heterocycles. The fourth-order valence-corrected chi connectivity index (χ4v) is 3.59. The molecule has 0 aliphatic carbocycles. The van der Waals surface area contributed by atoms with Gasteiger partial charge in [0.05, 0.1) is 5.92 Å². The number of piperidine rings is 1. The van der Waals surface area contributed by atoms with Gasteiger partial charge in [0.1, 0.15) is 6.04 Å². The maximum absolute atomic E-state index is 12.7. The third-order valence-corrected chi connectivity index (χ3v) is 5.02. The summed E-state index contributed by atoms with van der Waals surface area (Å²) in [6.45, 7) is 2.44. The molecule has 3 rings (SSSR count). The monoisotopic (exact) mass is 366 g/mol. The number of amides is 1. The summed E-state index contributed by atoms with van der Waals surface area (Å²) in [5.41, 5.74) is 2.13. The predicted molar refractivity (Wildman–Crippen MR) is 104 cm³/mol. The molecule has 0 saturated carbocycles. The number of benzene rings is 2. The number of hydrogen-bond donors (Lipinski definition) is 2. The fourth-order valence-electron chi connectivity index (χ4n) is 3.59. The van der Waals surface area contributed by atoms with Crippen molar-refractivity contribution in [2.24, 2.45) is 5.92 Å². The van der Waals surface area contributed by atoms with Gasteiger partial charge in [-0.25, -0.2) is 4.79 Å². The standard InChI is InChI=1S/C22H26N2O3/c25-21(23-20(22(26)27)14-17-8-3-1-4-9-17)19-12-7-13-24(16-19)15-18-10-5-2-6-11-18/h1-6,8-11,19-20H,7,12-16H2,(H,23,25)(H,26,27)/t19-,20+/m1/s1. The number of carbonyl (C=O) groups is 2. The van der Waals surface area contributed by atoms with Gasteiger partial charge in [0, 0.05) is 19.5 Å². The smallest absolute Gasteiger partial charge is 0.326 e. The zero-order chi connectivity index (χ0) is 19.1. The summed E-state index contributed by atoms with van der Waals surface area (Å²) in [4.78, 5) is 26.6. The van der Waals surface area contributed by atoms with Crippen molar-refractivity contribution in [3.8, 4) is 0 Å². The third-order valence-electron chi connectivity index (χ3n) is 5.02. The minimum Gasteiger partial charge on any atom is -0.480 e. The van der Waals surface area contributed by atoms with Crippen LogP contribution in [0.4, 0.5) is 0 Å². The quantitative estimate of drug-likeness (QED) is 0.791. The van der Waals surface area contributed by atoms with E-state index in [9.17, 15) is 14.7 Å². The van der Waals surface area contributed by atoms with Crippen LogP contribution in [0.25, 0.3) is 0 Å². The Morgan fingerprint density at radius 1 is 1.04 bits per heavy atom. The summed E-state index contributed by atoms with van der Waals surface area (Å²) in [6, 6.07) is 18.7. The molecular formula is C22H26N2O3. The highest BCUT2D eigenvalue weighted by Gasteiger charge is 2.29. The van der Waals surface area contributed by atoms with E-state index >= 15 is 0 Å². The zero-order valence-electron chi connectivity index (χ0n) is 15.4. The van der Waals surface area contributed by atoms with Crippen molar-refractivity contribution in [3.05, 3.63) is 71.8 Å². The van der Waals surface area contributed by atoms with Crippen molar-refractivity contribution in [1.82, 2.24) is 10.2 Å². The van der Waals surface area contributed by atoms with Crippen molar-refractivity contribution in [2.45, 2.75) is 31.8 Å². The number of nitrogens with one attached hydrogen (secondary N) is 1. The SMILES string of the molecule is O=C(N[C@@H](Cc1ccccc1)C(=O)O)[C@@H]1CCCN(Cc2ccccc2)C1. The van der Waals surface area contributed by atoms with E-state index in [-0.39, 0.29) is 11.8 Å². The fraction of sp³-hybridized carbons (Fsp3) is 0.364. The maximum Gasteiger partial charge on any atom is 0.326 e. The van der Waals surface area contributed by atoms with Gasteiger partial charge in [-0.1, -0.05) is 60.7 Å². The van der Waals surface area contributed by atoms with Crippen LogP contribution >= 0.6 is 0 Å². The van der Waals surface area contributed by atoms with Crippen molar-refractivity contribution < 1.29 is 14.7 Å². The van der Waals surface area contributed by atoms with Crippen LogP contribution in [0, 0.1) is 5.92 Å². The maximum atomic E-state index is 12.7. The van der Waals surface area contributed by atoms with Crippen molar-refractivity contribution in [2.75, 3.05) is 13.1 Å². The first-order chi connectivity index (χ1) is 13.1. The summed E-state index contributed by atoms with van der Waals surface area (Å²) >= 11 is 0. The Labute approximate surface area is 160 Å². The van der Waals surface area contributed by atoms with E-state index in [1.54, 1.807) is 0 Å². The second kappa shape index (κ2) is 9.33. The van der Waals surface area contributed by atoms with E-state index in [0.717, 1.165) is 31.5 Å². The van der Waals surface area contributed by atoms with Crippen LogP contribution in [-0.4, -0.2) is 41.0 Å². The van der Waals surface area contributed by atoms with Gasteiger partial charge in [-0.05, 0) is 30.5 Å². The normalized spacial score (nSPS) is 18.6. The highest BCUT2D eigenvalue weighted by Crippen LogP contribution is 2.19. The first-order valence-corrected chi connectivity index (χ1v) is 9.45. The minimum atomic E-state index is -0.996. The highest BCUT2D eigenvalue weighted by molar-refractivity contribution is 5.85. The lowest BCUT2D eigenvalue weighted by Crippen LogP contribution is -2.48. The van der Waals surface area contributed by atoms with Crippen LogP contribution in [0.3, 0.4) is 0 Å². The first-order valence-electron chi connectivity index (χ1n) is 9.45. The number of carbonyl (C=O) groups excluding carboxylic acids is 1. The molecule has 0 radical (unpaired) electrons. The molecule has 1 saturated heterocycles. The number of aliphatic carboxylic acids is 1. The molecule has 0 bridgehead atoms. The number of carboxylic acids is 1. The Hall–Kier alpha value is -2.66. The van der Waals surface area contributed by atoms with Gasteiger partial charge in [0.15, 0.2) is 0 Å². The summed E-state index contributed by atoms with van der Waals surface area (Å²) in [6.07, 6.45) is 2.04. The van der Waals surface area contributed by atoms with Crippen molar-refractivity contribution in [3.63, 3.8) is 0 Å². The van der Waals surface area contributed by atoms with Gasteiger partial charge >= 0.3 is 5.97 Å². The molecule has 27 heavy (non-hydrogen) atoms. The minimum absolute atomic E-state index is 0.156. The second-order valence-corrected chi connectivity index (χ2v) is 7.15. The van der Waals surface area contributed by atoms with Crippen molar-refractivity contribution >= 4 is 11.9 Å². The van der Waals surface area contributed by atoms with E-state index in [1.165, 1.54) is 5.56 Å². The van der Waals surface area contributed by atoms with Crippen LogP contribution in [0.1, 0.15) is 24.0 Å². The summed E-state index contributed by atoms with van der Waals surface area (Å²) in [5.74, 6) is -1.32. The van der Waals surface area contributed by atoms with Crippen LogP contribution in [0.15, 0.2) is 60.7 Å². The lowest BCUT2D eigenvalue weighted by Gasteiger charge is -2.32. The average molecular weight is 366 g/mol. The predicted octanol–water partition coefficient (Wildman–Crippen LogP) is 2.71. The van der Waals surface area contributed by atoms with Gasteiger partial charge in [0.2, 0.25) is 5.91 Å². The number of nitrogens with zero attached hydrogens (tertiary/aromatic N) is 1. The molecule has 2 aromatic carbocycles. The van der Waals surface area contributed by atoms with Gasteiger partial charge in [-0.15, -0.1) is 0 Å². The summed E-state index contributed by atoms with van der Waals surface area (Å²) < 4.78 is 0. The molecule has 0 aromatic heterocycles. The molecule has 5 nitrogen and oxygen atoms in total. The zero-order valence-corrected chi connectivity index (χ0v) is 15.4. The van der Waals surface area contributed by atoms with E-state index in [2.05, 4.69) is 22.3 Å². The Bertz CT molecular complexity index is 749. The lowest BCUT2D eigenvalue weighted by atomic mass is 9.95. The van der Waals surface area contributed by atoms with Gasteiger partial charge in [0.25, 0.3) is 0 Å². The molecule has 142 valence electrons. The molecule has 2 atom stereocenters. The molecule has 2 N–H and O–H groups in total. The summed E-state index contributed by atoms with van der Waals surface area (Å²) in [5, 5.41) is 12.3. The molecule has 2 aromatic rings. The molecule has 0 spiro atoms. The number of hydrogen-bond acceptors (Lipinski definition) is 3. The van der Waals surface area contributed by atoms with Gasteiger partial charge < -0.3 is 10.4 Å². The van der Waals surface area contributed by atoms with E-state index < -0.39 is 12.0 Å². The van der Waals surface area contributed by atoms with Gasteiger partial charge in [-0.3, -0.25) is 9.69 Å². The molecule has 1 amide bonds. The van der Waals surface area contributed by atoms with Crippen molar-refractivity contribution in [1.29, 1.82) is 0 Å². The molecule has 1 fully saturated rings. The number of rotatable bonds is 7. The second-order valence-electron chi connectivity index (χ2n) is 7.15. The molecule has 1 aliphatic heterocycles. The van der Waals surface area contributed by atoms with Gasteiger partial charge in [-0.2, -0.15) is 0 Å². The molecule has 1 aliphatic rings. The highest BCUT2D eigenvalue weighted by atomic mass is 16.4. The third kappa shape index (κ3) is 5.66. The Morgan fingerprint density at radius 3 is 2.30 bits per heavy atom. The average Bonchev–Trinajstić information content (AvgIpc) is 2.69. The lowest BCUT2D eigenvalue weighted by molar-refractivity contribution is -0.142. The number of likely N-dealkylation sites (tertiary alicyclic amines) is 1. The summed E-state index contributed by atoms with van der Waals surface area (Å²) in [7, 11) is 0. The Balaban J connectivity index is 1.57. The van der Waals surface area contributed by atoms with Crippen LogP contribution in [0.5, 0.6) is 0 Å². The Kier molecular flexibility index (Phi) is 6.60. The van der Waals surface area contributed by atoms with Crippen LogP contribution in [-0.2, 0) is 22.6 Å².